The largest absolute Gasteiger partial charge is 0.0720 e. The van der Waals surface area contributed by atoms with Gasteiger partial charge in [0.1, 0.15) is 0 Å². The van der Waals surface area contributed by atoms with Crippen molar-refractivity contribution in [3.8, 4) is 0 Å². The summed E-state index contributed by atoms with van der Waals surface area (Å²) in [6.07, 6.45) is 8.32. The second-order valence-corrected chi connectivity index (χ2v) is 6.69. The quantitative estimate of drug-likeness (QED) is 0.616. The van der Waals surface area contributed by atoms with E-state index in [0.29, 0.717) is 5.92 Å². The molecular formula is C20H21Br. The van der Waals surface area contributed by atoms with E-state index in [4.69, 9.17) is 0 Å². The van der Waals surface area contributed by atoms with Crippen molar-refractivity contribution >= 4 is 22.0 Å². The van der Waals surface area contributed by atoms with Crippen LogP contribution in [0.15, 0.2) is 46.9 Å². The number of benzene rings is 2. The molecule has 0 saturated heterocycles. The average molecular weight is 341 g/mol. The maximum atomic E-state index is 3.76. The van der Waals surface area contributed by atoms with Crippen LogP contribution in [0.2, 0.25) is 0 Å². The summed E-state index contributed by atoms with van der Waals surface area (Å²) >= 11 is 3.76. The van der Waals surface area contributed by atoms with Crippen molar-refractivity contribution in [2.45, 2.75) is 39.0 Å². The topological polar surface area (TPSA) is 0 Å². The van der Waals surface area contributed by atoms with Crippen LogP contribution in [0.3, 0.4) is 0 Å². The number of halogens is 1. The Kier molecular flexibility index (Phi) is 4.30. The number of allylic oxidation sites excluding steroid dienone is 1. The lowest BCUT2D eigenvalue weighted by Crippen LogP contribution is -2.02. The van der Waals surface area contributed by atoms with Crippen LogP contribution in [-0.4, -0.2) is 0 Å². The summed E-state index contributed by atoms with van der Waals surface area (Å²) in [7, 11) is 0. The molecule has 1 atom stereocenters. The zero-order valence-electron chi connectivity index (χ0n) is 12.7. The molecule has 2 aromatic rings. The van der Waals surface area contributed by atoms with Crippen molar-refractivity contribution in [3.63, 3.8) is 0 Å². The van der Waals surface area contributed by atoms with Gasteiger partial charge in [-0.3, -0.25) is 0 Å². The number of fused-ring (bicyclic) bond motifs is 1. The lowest BCUT2D eigenvalue weighted by molar-refractivity contribution is 0.784. The van der Waals surface area contributed by atoms with Gasteiger partial charge in [0.05, 0.1) is 0 Å². The summed E-state index contributed by atoms with van der Waals surface area (Å²) < 4.78 is 1.23. The number of hydrogen-bond donors (Lipinski definition) is 0. The highest BCUT2D eigenvalue weighted by Crippen LogP contribution is 2.42. The highest BCUT2D eigenvalue weighted by atomic mass is 79.9. The van der Waals surface area contributed by atoms with E-state index in [1.807, 2.05) is 0 Å². The third kappa shape index (κ3) is 2.72. The van der Waals surface area contributed by atoms with Gasteiger partial charge in [0.25, 0.3) is 0 Å². The Morgan fingerprint density at radius 2 is 1.90 bits per heavy atom. The number of aryl methyl sites for hydroxylation is 2. The zero-order valence-corrected chi connectivity index (χ0v) is 14.3. The average Bonchev–Trinajstić information content (AvgIpc) is 2.95. The van der Waals surface area contributed by atoms with Crippen molar-refractivity contribution in [1.82, 2.24) is 0 Å². The highest BCUT2D eigenvalue weighted by molar-refractivity contribution is 9.10. The first-order valence-corrected chi connectivity index (χ1v) is 8.56. The first-order chi connectivity index (χ1) is 10.2. The summed E-state index contributed by atoms with van der Waals surface area (Å²) in [5.74, 6) is 0.391. The van der Waals surface area contributed by atoms with E-state index in [1.54, 1.807) is 0 Å². The summed E-state index contributed by atoms with van der Waals surface area (Å²) in [6.45, 7) is 4.45. The molecule has 0 bridgehead atoms. The van der Waals surface area contributed by atoms with Gasteiger partial charge < -0.3 is 0 Å². The summed E-state index contributed by atoms with van der Waals surface area (Å²) in [6, 6.07) is 13.3. The van der Waals surface area contributed by atoms with Crippen LogP contribution in [0.5, 0.6) is 0 Å². The van der Waals surface area contributed by atoms with Crippen molar-refractivity contribution < 1.29 is 0 Å². The summed E-state index contributed by atoms with van der Waals surface area (Å²) in [4.78, 5) is 0. The van der Waals surface area contributed by atoms with E-state index in [1.165, 1.54) is 51.6 Å². The van der Waals surface area contributed by atoms with E-state index in [-0.39, 0.29) is 0 Å². The summed E-state index contributed by atoms with van der Waals surface area (Å²) in [5.41, 5.74) is 7.14. The Morgan fingerprint density at radius 3 is 2.71 bits per heavy atom. The van der Waals surface area contributed by atoms with E-state index in [9.17, 15) is 0 Å². The SMILES string of the molecule is CCCCc1ccccc1C1C=Cc2c(C)ccc(Br)c21. The molecule has 0 saturated carbocycles. The van der Waals surface area contributed by atoms with Gasteiger partial charge in [0.15, 0.2) is 0 Å². The lowest BCUT2D eigenvalue weighted by Gasteiger charge is -2.18. The molecule has 0 radical (unpaired) electrons. The van der Waals surface area contributed by atoms with E-state index in [2.05, 4.69) is 78.3 Å². The Morgan fingerprint density at radius 1 is 1.10 bits per heavy atom. The normalized spacial score (nSPS) is 16.2. The first-order valence-electron chi connectivity index (χ1n) is 7.77. The third-order valence-electron chi connectivity index (χ3n) is 4.41. The molecule has 0 aliphatic heterocycles. The van der Waals surface area contributed by atoms with Crippen LogP contribution in [0.4, 0.5) is 0 Å². The monoisotopic (exact) mass is 340 g/mol. The number of hydrogen-bond acceptors (Lipinski definition) is 0. The molecule has 0 N–H and O–H groups in total. The van der Waals surface area contributed by atoms with Gasteiger partial charge in [-0.1, -0.05) is 71.8 Å². The van der Waals surface area contributed by atoms with Gasteiger partial charge in [-0.05, 0) is 53.6 Å². The predicted molar refractivity (Wildman–Crippen MR) is 94.8 cm³/mol. The van der Waals surface area contributed by atoms with Crippen molar-refractivity contribution in [2.75, 3.05) is 0 Å². The Balaban J connectivity index is 2.06. The molecule has 1 aliphatic rings. The highest BCUT2D eigenvalue weighted by Gasteiger charge is 2.24. The van der Waals surface area contributed by atoms with Crippen LogP contribution in [0, 0.1) is 6.92 Å². The molecule has 21 heavy (non-hydrogen) atoms. The molecule has 1 unspecified atom stereocenters. The molecular weight excluding hydrogens is 320 g/mol. The van der Waals surface area contributed by atoms with E-state index >= 15 is 0 Å². The molecule has 1 aliphatic carbocycles. The molecule has 0 fully saturated rings. The van der Waals surface area contributed by atoms with Gasteiger partial charge in [0, 0.05) is 10.4 Å². The van der Waals surface area contributed by atoms with Crippen molar-refractivity contribution in [1.29, 1.82) is 0 Å². The van der Waals surface area contributed by atoms with Crippen LogP contribution >= 0.6 is 15.9 Å². The van der Waals surface area contributed by atoms with Gasteiger partial charge in [-0.15, -0.1) is 0 Å². The molecule has 108 valence electrons. The molecule has 0 nitrogen and oxygen atoms in total. The lowest BCUT2D eigenvalue weighted by atomic mass is 9.87. The second-order valence-electron chi connectivity index (χ2n) is 5.83. The third-order valence-corrected chi connectivity index (χ3v) is 5.10. The molecule has 0 aromatic heterocycles. The standard InChI is InChI=1S/C20H21Br/c1-3-4-7-15-8-5-6-9-17(15)18-12-11-16-14(2)10-13-19(21)20(16)18/h5-6,8-13,18H,3-4,7H2,1-2H3. The van der Waals surface area contributed by atoms with Crippen molar-refractivity contribution in [3.05, 3.63) is 74.8 Å². The van der Waals surface area contributed by atoms with Crippen LogP contribution in [0.1, 0.15) is 53.5 Å². The van der Waals surface area contributed by atoms with Crippen molar-refractivity contribution in [2.24, 2.45) is 0 Å². The van der Waals surface area contributed by atoms with E-state index < -0.39 is 0 Å². The first kappa shape index (κ1) is 14.6. The van der Waals surface area contributed by atoms with Gasteiger partial charge in [-0.25, -0.2) is 0 Å². The fourth-order valence-electron chi connectivity index (χ4n) is 3.24. The minimum Gasteiger partial charge on any atom is -0.0720 e. The van der Waals surface area contributed by atoms with Crippen LogP contribution < -0.4 is 0 Å². The summed E-state index contributed by atoms with van der Waals surface area (Å²) in [5, 5.41) is 0. The van der Waals surface area contributed by atoms with Gasteiger partial charge >= 0.3 is 0 Å². The fraction of sp³-hybridized carbons (Fsp3) is 0.300. The Labute approximate surface area is 136 Å². The molecule has 0 spiro atoms. The zero-order chi connectivity index (χ0) is 14.8. The molecule has 1 heteroatoms. The predicted octanol–water partition coefficient (Wildman–Crippen LogP) is 6.26. The number of rotatable bonds is 4. The molecule has 0 amide bonds. The number of unbranched alkanes of at least 4 members (excludes halogenated alkanes) is 1. The second kappa shape index (κ2) is 6.19. The molecule has 3 rings (SSSR count). The van der Waals surface area contributed by atoms with Crippen LogP contribution in [-0.2, 0) is 6.42 Å². The fourth-order valence-corrected chi connectivity index (χ4v) is 3.83. The van der Waals surface area contributed by atoms with Crippen LogP contribution in [0.25, 0.3) is 6.08 Å². The molecule has 0 heterocycles. The maximum absolute atomic E-state index is 3.76. The van der Waals surface area contributed by atoms with Gasteiger partial charge in [-0.2, -0.15) is 0 Å². The Hall–Kier alpha value is -1.34. The van der Waals surface area contributed by atoms with Gasteiger partial charge in [0.2, 0.25) is 0 Å². The minimum atomic E-state index is 0.391. The maximum Gasteiger partial charge on any atom is 0.0292 e. The minimum absolute atomic E-state index is 0.391. The molecule has 2 aromatic carbocycles. The Bertz CT molecular complexity index is 682. The van der Waals surface area contributed by atoms with E-state index in [0.717, 1.165) is 0 Å². The smallest absolute Gasteiger partial charge is 0.0292 e.